The van der Waals surface area contributed by atoms with Crippen LogP contribution in [-0.2, 0) is 27.7 Å². The lowest BCUT2D eigenvalue weighted by Gasteiger charge is -2.33. The minimum atomic E-state index is -3.58. The van der Waals surface area contributed by atoms with Crippen molar-refractivity contribution in [3.8, 4) is 6.07 Å². The number of benzene rings is 1. The second-order valence-corrected chi connectivity index (χ2v) is 12.2. The van der Waals surface area contributed by atoms with Crippen molar-refractivity contribution in [1.29, 1.82) is 5.26 Å². The van der Waals surface area contributed by atoms with Crippen LogP contribution in [0.3, 0.4) is 0 Å². The zero-order chi connectivity index (χ0) is 25.7. The normalized spacial score (nSPS) is 19.2. The fraction of sp³-hybridized carbons (Fsp3) is 0.440. The first-order chi connectivity index (χ1) is 17.2. The standard InChI is InChI=1S/C25H26N4O6S/c1-35-25(10-11-25)36(33,34)24(8-9-24)16-28-12-13-29-20(23(28)32)7-6-19(22(29)31)21(30)27-15-18-4-2-17(14-26)3-5-18/h2-7H,8-13,15-16H2,1H3,(H,27,30). The number of amides is 2. The fourth-order valence-electron chi connectivity index (χ4n) is 4.85. The van der Waals surface area contributed by atoms with Crippen LogP contribution in [-0.4, -0.2) is 59.6 Å². The van der Waals surface area contributed by atoms with Gasteiger partial charge in [0.15, 0.2) is 14.8 Å². The van der Waals surface area contributed by atoms with Gasteiger partial charge in [0, 0.05) is 33.3 Å². The van der Waals surface area contributed by atoms with Crippen molar-refractivity contribution in [2.75, 3.05) is 20.2 Å². The van der Waals surface area contributed by atoms with Crippen molar-refractivity contribution in [1.82, 2.24) is 14.8 Å². The van der Waals surface area contributed by atoms with Crippen LogP contribution in [0.2, 0.25) is 0 Å². The summed E-state index contributed by atoms with van der Waals surface area (Å²) in [6.07, 6.45) is 1.90. The van der Waals surface area contributed by atoms with Gasteiger partial charge >= 0.3 is 0 Å². The highest BCUT2D eigenvalue weighted by molar-refractivity contribution is 7.94. The maximum atomic E-state index is 13.2. The number of pyridine rings is 1. The van der Waals surface area contributed by atoms with Gasteiger partial charge in [-0.15, -0.1) is 0 Å². The van der Waals surface area contributed by atoms with E-state index in [-0.39, 0.29) is 37.4 Å². The molecule has 2 fully saturated rings. The van der Waals surface area contributed by atoms with Crippen LogP contribution in [0.1, 0.15) is 57.7 Å². The molecule has 2 amide bonds. The Hall–Kier alpha value is -3.49. The number of rotatable bonds is 8. The predicted octanol–water partition coefficient (Wildman–Crippen LogP) is 1.19. The fourth-order valence-corrected chi connectivity index (χ4v) is 7.46. The van der Waals surface area contributed by atoms with Crippen molar-refractivity contribution < 1.29 is 22.7 Å². The van der Waals surface area contributed by atoms with E-state index in [1.807, 2.05) is 6.07 Å². The molecule has 10 nitrogen and oxygen atoms in total. The number of carbonyl (C=O) groups is 2. The minimum absolute atomic E-state index is 0.0697. The van der Waals surface area contributed by atoms with E-state index >= 15 is 0 Å². The van der Waals surface area contributed by atoms with Gasteiger partial charge in [-0.2, -0.15) is 5.26 Å². The Morgan fingerprint density at radius 2 is 1.78 bits per heavy atom. The lowest BCUT2D eigenvalue weighted by Crippen LogP contribution is -2.51. The maximum Gasteiger partial charge on any atom is 0.270 e. The Bertz CT molecular complexity index is 1450. The summed E-state index contributed by atoms with van der Waals surface area (Å²) >= 11 is 0. The van der Waals surface area contributed by atoms with Gasteiger partial charge in [0.25, 0.3) is 17.4 Å². The lowest BCUT2D eigenvalue weighted by atomic mass is 10.1. The molecular formula is C25H26N4O6S. The quantitative estimate of drug-likeness (QED) is 0.563. The Labute approximate surface area is 208 Å². The first-order valence-electron chi connectivity index (χ1n) is 11.8. The number of nitriles is 1. The molecular weight excluding hydrogens is 484 g/mol. The van der Waals surface area contributed by atoms with Crippen LogP contribution >= 0.6 is 0 Å². The van der Waals surface area contributed by atoms with E-state index in [4.69, 9.17) is 10.00 Å². The average Bonchev–Trinajstić information content (AvgIpc) is 3.80. The summed E-state index contributed by atoms with van der Waals surface area (Å²) in [7, 11) is -2.17. The van der Waals surface area contributed by atoms with E-state index in [1.54, 1.807) is 24.3 Å². The molecule has 0 saturated heterocycles. The topological polar surface area (TPSA) is 139 Å². The molecule has 2 heterocycles. The lowest BCUT2D eigenvalue weighted by molar-refractivity contribution is 0.0692. The molecule has 1 N–H and O–H groups in total. The smallest absolute Gasteiger partial charge is 0.270 e. The Balaban J connectivity index is 1.30. The largest absolute Gasteiger partial charge is 0.362 e. The number of ether oxygens (including phenoxy) is 1. The zero-order valence-electron chi connectivity index (χ0n) is 19.8. The molecule has 1 aromatic carbocycles. The number of nitrogens with one attached hydrogen (secondary N) is 1. The summed E-state index contributed by atoms with van der Waals surface area (Å²) in [5, 5.41) is 11.6. The van der Waals surface area contributed by atoms with Crippen LogP contribution < -0.4 is 10.9 Å². The molecule has 1 aromatic heterocycles. The summed E-state index contributed by atoms with van der Waals surface area (Å²) in [6.45, 7) is 0.597. The second-order valence-electron chi connectivity index (χ2n) is 9.61. The number of hydrogen-bond donors (Lipinski definition) is 1. The molecule has 188 valence electrons. The number of methoxy groups -OCH3 is 1. The van der Waals surface area contributed by atoms with Gasteiger partial charge in [-0.3, -0.25) is 14.4 Å². The van der Waals surface area contributed by atoms with Gasteiger partial charge < -0.3 is 19.5 Å². The first-order valence-corrected chi connectivity index (χ1v) is 13.2. The van der Waals surface area contributed by atoms with Gasteiger partial charge in [-0.1, -0.05) is 12.1 Å². The van der Waals surface area contributed by atoms with E-state index in [2.05, 4.69) is 5.32 Å². The Kier molecular flexibility index (Phi) is 5.76. The molecule has 0 bridgehead atoms. The number of sulfone groups is 1. The highest BCUT2D eigenvalue weighted by Crippen LogP contribution is 2.57. The third-order valence-corrected chi connectivity index (χ3v) is 10.7. The number of fused-ring (bicyclic) bond motifs is 1. The molecule has 2 aliphatic carbocycles. The summed E-state index contributed by atoms with van der Waals surface area (Å²) in [4.78, 5) is 39.3. The summed E-state index contributed by atoms with van der Waals surface area (Å²) in [6, 6.07) is 11.5. The maximum absolute atomic E-state index is 13.2. The van der Waals surface area contributed by atoms with Gasteiger partial charge in [0.2, 0.25) is 0 Å². The van der Waals surface area contributed by atoms with Crippen molar-refractivity contribution in [3.05, 3.63) is 69.1 Å². The molecule has 0 radical (unpaired) electrons. The van der Waals surface area contributed by atoms with Gasteiger partial charge in [0.1, 0.15) is 11.3 Å². The second kappa shape index (κ2) is 8.57. The van der Waals surface area contributed by atoms with Crippen LogP contribution in [0.25, 0.3) is 0 Å². The van der Waals surface area contributed by atoms with E-state index in [0.717, 1.165) is 5.56 Å². The van der Waals surface area contributed by atoms with Crippen molar-refractivity contribution in [3.63, 3.8) is 0 Å². The summed E-state index contributed by atoms with van der Waals surface area (Å²) < 4.78 is 32.1. The highest BCUT2D eigenvalue weighted by Gasteiger charge is 2.68. The molecule has 3 aliphatic rings. The SMILES string of the molecule is COC1(S(=O)(=O)C2(CN3CCn4c(ccc(C(=O)NCc5ccc(C#N)cc5)c4=O)C3=O)CC2)CC1. The van der Waals surface area contributed by atoms with Crippen LogP contribution in [0.4, 0.5) is 0 Å². The van der Waals surface area contributed by atoms with Gasteiger partial charge in [-0.25, -0.2) is 8.42 Å². The van der Waals surface area contributed by atoms with Crippen molar-refractivity contribution >= 4 is 21.7 Å². The van der Waals surface area contributed by atoms with Gasteiger partial charge in [0.05, 0.1) is 16.4 Å². The molecule has 2 aromatic rings. The molecule has 1 aliphatic heterocycles. The molecule has 0 unspecified atom stereocenters. The monoisotopic (exact) mass is 510 g/mol. The summed E-state index contributed by atoms with van der Waals surface area (Å²) in [5.74, 6) is -0.988. The molecule has 0 spiro atoms. The number of aromatic nitrogens is 1. The van der Waals surface area contributed by atoms with E-state index in [0.29, 0.717) is 31.2 Å². The van der Waals surface area contributed by atoms with Crippen LogP contribution in [0.5, 0.6) is 0 Å². The number of hydrogen-bond acceptors (Lipinski definition) is 7. The molecule has 11 heteroatoms. The average molecular weight is 511 g/mol. The van der Waals surface area contributed by atoms with E-state index in [9.17, 15) is 22.8 Å². The van der Waals surface area contributed by atoms with Crippen molar-refractivity contribution in [2.45, 2.75) is 48.5 Å². The third-order valence-electron chi connectivity index (χ3n) is 7.43. The number of carbonyl (C=O) groups excluding carboxylic acids is 2. The Morgan fingerprint density at radius 1 is 1.08 bits per heavy atom. The third kappa shape index (κ3) is 3.81. The molecule has 36 heavy (non-hydrogen) atoms. The van der Waals surface area contributed by atoms with E-state index in [1.165, 1.54) is 28.7 Å². The highest BCUT2D eigenvalue weighted by atomic mass is 32.2. The van der Waals surface area contributed by atoms with Crippen LogP contribution in [0, 0.1) is 11.3 Å². The van der Waals surface area contributed by atoms with Crippen molar-refractivity contribution in [2.24, 2.45) is 0 Å². The molecule has 5 rings (SSSR count). The molecule has 0 atom stereocenters. The summed E-state index contributed by atoms with van der Waals surface area (Å²) in [5.41, 5.74) is 0.772. The Morgan fingerprint density at radius 3 is 2.36 bits per heavy atom. The molecule has 2 saturated carbocycles. The van der Waals surface area contributed by atoms with E-state index < -0.39 is 36.9 Å². The zero-order valence-corrected chi connectivity index (χ0v) is 20.6. The van der Waals surface area contributed by atoms with Crippen LogP contribution in [0.15, 0.2) is 41.2 Å². The number of nitrogens with zero attached hydrogens (tertiary/aromatic N) is 3. The predicted molar refractivity (Wildman–Crippen MR) is 129 cm³/mol. The van der Waals surface area contributed by atoms with Gasteiger partial charge in [-0.05, 0) is 55.5 Å². The minimum Gasteiger partial charge on any atom is -0.362 e. The first kappa shape index (κ1) is 24.2.